The van der Waals surface area contributed by atoms with Crippen molar-refractivity contribution in [2.45, 2.75) is 12.8 Å². The molecule has 1 saturated heterocycles. The van der Waals surface area contributed by atoms with Gasteiger partial charge in [0.1, 0.15) is 5.82 Å². The Hall–Kier alpha value is -1.63. The van der Waals surface area contributed by atoms with Gasteiger partial charge >= 0.3 is 5.97 Å². The van der Waals surface area contributed by atoms with Crippen molar-refractivity contribution in [1.82, 2.24) is 4.98 Å². The predicted molar refractivity (Wildman–Crippen MR) is 80.0 cm³/mol. The van der Waals surface area contributed by atoms with Gasteiger partial charge in [0.2, 0.25) is 5.91 Å². The largest absolute Gasteiger partial charge is 0.469 e. The van der Waals surface area contributed by atoms with Gasteiger partial charge in [-0.05, 0) is 25.0 Å². The van der Waals surface area contributed by atoms with Crippen molar-refractivity contribution in [3.8, 4) is 0 Å². The summed E-state index contributed by atoms with van der Waals surface area (Å²) in [6.45, 7) is 1.43. The van der Waals surface area contributed by atoms with Crippen molar-refractivity contribution in [2.75, 3.05) is 25.1 Å². The van der Waals surface area contributed by atoms with Crippen molar-refractivity contribution in [1.29, 1.82) is 0 Å². The summed E-state index contributed by atoms with van der Waals surface area (Å²) < 4.78 is 4.75. The van der Waals surface area contributed by atoms with Gasteiger partial charge in [0.05, 0.1) is 13.0 Å². The van der Waals surface area contributed by atoms with E-state index in [0.717, 1.165) is 31.7 Å². The molecule has 2 N–H and O–H groups in total. The number of carbonyl (C=O) groups excluding carboxylic acids is 2. The number of ether oxygens (including phenoxy) is 1. The summed E-state index contributed by atoms with van der Waals surface area (Å²) in [5, 5.41) is 0. The Balaban J connectivity index is 0.00000200. The lowest BCUT2D eigenvalue weighted by molar-refractivity contribution is -0.146. The Bertz CT molecular complexity index is 488. The number of nitrogens with two attached hydrogens (primary N) is 1. The smallest absolute Gasteiger partial charge is 0.308 e. The lowest BCUT2D eigenvalue weighted by atomic mass is 9.97. The maximum atomic E-state index is 11.4. The highest BCUT2D eigenvalue weighted by Gasteiger charge is 2.26. The number of hydrogen-bond acceptors (Lipinski definition) is 5. The standard InChI is InChI=1S/C13H17N3O3.BrH/c1-19-13(18)9-3-6-16(7-4-9)11-8-10(12(14)17)2-5-15-11;/h2,5,8-9H,3-4,6-7H2,1H3,(H2,14,17);1H. The van der Waals surface area contributed by atoms with E-state index < -0.39 is 5.91 Å². The fourth-order valence-electron chi connectivity index (χ4n) is 2.26. The number of pyridine rings is 1. The number of primary amides is 1. The molecule has 7 heteroatoms. The number of aromatic nitrogens is 1. The molecule has 0 aliphatic carbocycles. The Morgan fingerprint density at radius 3 is 2.60 bits per heavy atom. The average Bonchev–Trinajstić information content (AvgIpc) is 2.46. The molecule has 1 aromatic heterocycles. The molecular formula is C13H18BrN3O3. The fourth-order valence-corrected chi connectivity index (χ4v) is 2.26. The van der Waals surface area contributed by atoms with Crippen molar-refractivity contribution in [3.63, 3.8) is 0 Å². The van der Waals surface area contributed by atoms with Crippen LogP contribution in [0.5, 0.6) is 0 Å². The molecular weight excluding hydrogens is 326 g/mol. The summed E-state index contributed by atoms with van der Waals surface area (Å²) in [5.74, 6) is 0.0618. The number of rotatable bonds is 3. The second kappa shape index (κ2) is 7.23. The number of halogens is 1. The Morgan fingerprint density at radius 1 is 1.40 bits per heavy atom. The van der Waals surface area contributed by atoms with Crippen LogP contribution in [0, 0.1) is 5.92 Å². The summed E-state index contributed by atoms with van der Waals surface area (Å²) in [5.41, 5.74) is 5.69. The minimum atomic E-state index is -0.465. The van der Waals surface area contributed by atoms with E-state index in [0.29, 0.717) is 5.56 Å². The number of methoxy groups -OCH3 is 1. The Kier molecular flexibility index (Phi) is 5.94. The zero-order valence-corrected chi connectivity index (χ0v) is 13.0. The molecule has 2 rings (SSSR count). The minimum Gasteiger partial charge on any atom is -0.469 e. The number of esters is 1. The molecule has 0 bridgehead atoms. The van der Waals surface area contributed by atoms with E-state index in [1.54, 1.807) is 18.3 Å². The molecule has 1 aromatic rings. The third kappa shape index (κ3) is 3.69. The number of amides is 1. The van der Waals surface area contributed by atoms with Crippen molar-refractivity contribution in [3.05, 3.63) is 23.9 Å². The third-order valence-corrected chi connectivity index (χ3v) is 3.38. The Morgan fingerprint density at radius 2 is 2.05 bits per heavy atom. The molecule has 0 spiro atoms. The third-order valence-electron chi connectivity index (χ3n) is 3.38. The highest BCUT2D eigenvalue weighted by Crippen LogP contribution is 2.23. The quantitative estimate of drug-likeness (QED) is 0.832. The fraction of sp³-hybridized carbons (Fsp3) is 0.462. The first kappa shape index (κ1) is 16.4. The number of piperidine rings is 1. The van der Waals surface area contributed by atoms with Crippen LogP contribution < -0.4 is 10.6 Å². The first-order chi connectivity index (χ1) is 9.11. The molecule has 2 heterocycles. The van der Waals surface area contributed by atoms with E-state index in [-0.39, 0.29) is 28.9 Å². The van der Waals surface area contributed by atoms with E-state index >= 15 is 0 Å². The van der Waals surface area contributed by atoms with Gasteiger partial charge in [-0.25, -0.2) is 4.98 Å². The lowest BCUT2D eigenvalue weighted by Gasteiger charge is -2.31. The highest BCUT2D eigenvalue weighted by molar-refractivity contribution is 8.93. The van der Waals surface area contributed by atoms with Crippen LogP contribution in [0.1, 0.15) is 23.2 Å². The van der Waals surface area contributed by atoms with Gasteiger partial charge < -0.3 is 15.4 Å². The molecule has 1 aliphatic rings. The molecule has 1 amide bonds. The predicted octanol–water partition coefficient (Wildman–Crippen LogP) is 1.15. The topological polar surface area (TPSA) is 85.5 Å². The zero-order valence-electron chi connectivity index (χ0n) is 11.2. The van der Waals surface area contributed by atoms with Crippen LogP contribution in [-0.4, -0.2) is 37.1 Å². The molecule has 20 heavy (non-hydrogen) atoms. The van der Waals surface area contributed by atoms with Gasteiger partial charge in [-0.2, -0.15) is 0 Å². The first-order valence-electron chi connectivity index (χ1n) is 6.20. The molecule has 0 radical (unpaired) electrons. The van der Waals surface area contributed by atoms with Gasteiger partial charge in [-0.1, -0.05) is 0 Å². The van der Waals surface area contributed by atoms with Crippen LogP contribution in [0.4, 0.5) is 5.82 Å². The minimum absolute atomic E-state index is 0. The number of hydrogen-bond donors (Lipinski definition) is 1. The summed E-state index contributed by atoms with van der Waals surface area (Å²) in [7, 11) is 1.41. The maximum absolute atomic E-state index is 11.4. The van der Waals surface area contributed by atoms with E-state index in [4.69, 9.17) is 10.5 Å². The Labute approximate surface area is 128 Å². The molecule has 1 aliphatic heterocycles. The molecule has 0 atom stereocenters. The normalized spacial score (nSPS) is 15.3. The zero-order chi connectivity index (χ0) is 13.8. The average molecular weight is 344 g/mol. The van der Waals surface area contributed by atoms with Gasteiger partial charge in [-0.3, -0.25) is 9.59 Å². The summed E-state index contributed by atoms with van der Waals surface area (Å²) in [6, 6.07) is 3.27. The molecule has 0 saturated carbocycles. The van der Waals surface area contributed by atoms with Crippen LogP contribution in [0.3, 0.4) is 0 Å². The van der Waals surface area contributed by atoms with Crippen LogP contribution in [0.25, 0.3) is 0 Å². The second-order valence-electron chi connectivity index (χ2n) is 4.55. The van der Waals surface area contributed by atoms with Gasteiger partial charge in [0.25, 0.3) is 0 Å². The number of carbonyl (C=O) groups is 2. The number of anilines is 1. The van der Waals surface area contributed by atoms with E-state index in [9.17, 15) is 9.59 Å². The lowest BCUT2D eigenvalue weighted by Crippen LogP contribution is -2.37. The molecule has 1 fully saturated rings. The summed E-state index contributed by atoms with van der Waals surface area (Å²) in [6.07, 6.45) is 3.03. The molecule has 6 nitrogen and oxygen atoms in total. The van der Waals surface area contributed by atoms with Gasteiger partial charge in [0.15, 0.2) is 0 Å². The van der Waals surface area contributed by atoms with E-state index in [1.165, 1.54) is 7.11 Å². The number of nitrogens with zero attached hydrogens (tertiary/aromatic N) is 2. The van der Waals surface area contributed by atoms with Gasteiger partial charge in [-0.15, -0.1) is 17.0 Å². The molecule has 0 unspecified atom stereocenters. The molecule has 110 valence electrons. The van der Waals surface area contributed by atoms with Crippen LogP contribution >= 0.6 is 17.0 Å². The first-order valence-corrected chi connectivity index (χ1v) is 6.20. The van der Waals surface area contributed by atoms with E-state index in [1.807, 2.05) is 4.90 Å². The van der Waals surface area contributed by atoms with Crippen molar-refractivity contribution >= 4 is 34.7 Å². The monoisotopic (exact) mass is 343 g/mol. The summed E-state index contributed by atoms with van der Waals surface area (Å²) >= 11 is 0. The van der Waals surface area contributed by atoms with Crippen molar-refractivity contribution in [2.24, 2.45) is 11.7 Å². The highest BCUT2D eigenvalue weighted by atomic mass is 79.9. The SMILES string of the molecule is Br.COC(=O)C1CCN(c2cc(C(N)=O)ccn2)CC1. The second-order valence-corrected chi connectivity index (χ2v) is 4.55. The molecule has 0 aromatic carbocycles. The van der Waals surface area contributed by atoms with Crippen LogP contribution in [-0.2, 0) is 9.53 Å². The van der Waals surface area contributed by atoms with Gasteiger partial charge in [0, 0.05) is 24.8 Å². The van der Waals surface area contributed by atoms with Crippen LogP contribution in [0.2, 0.25) is 0 Å². The van der Waals surface area contributed by atoms with Crippen LogP contribution in [0.15, 0.2) is 18.3 Å². The maximum Gasteiger partial charge on any atom is 0.308 e. The van der Waals surface area contributed by atoms with E-state index in [2.05, 4.69) is 4.98 Å². The van der Waals surface area contributed by atoms with Crippen molar-refractivity contribution < 1.29 is 14.3 Å². The summed E-state index contributed by atoms with van der Waals surface area (Å²) in [4.78, 5) is 28.9.